The molecular weight excluding hydrogens is 244 g/mol. The van der Waals surface area contributed by atoms with Crippen LogP contribution in [0.1, 0.15) is 41.3 Å². The van der Waals surface area contributed by atoms with E-state index < -0.39 is 5.97 Å². The Morgan fingerprint density at radius 3 is 2.56 bits per heavy atom. The molecule has 0 radical (unpaired) electrons. The summed E-state index contributed by atoms with van der Waals surface area (Å²) in [5.74, 6) is -0.390. The summed E-state index contributed by atoms with van der Waals surface area (Å²) in [6.07, 6.45) is 0. The van der Waals surface area contributed by atoms with E-state index in [2.05, 4.69) is 39.0 Å². The fourth-order valence-corrected chi connectivity index (χ4v) is 2.82. The van der Waals surface area contributed by atoms with Crippen molar-refractivity contribution in [3.63, 3.8) is 0 Å². The van der Waals surface area contributed by atoms with Crippen LogP contribution in [0.2, 0.25) is 0 Å². The zero-order chi connectivity index (χ0) is 13.3. The maximum Gasteiger partial charge on any atom is 0.336 e. The van der Waals surface area contributed by atoms with Gasteiger partial charge in [0.1, 0.15) is 0 Å². The Labute approximate surface area is 111 Å². The van der Waals surface area contributed by atoms with Crippen LogP contribution in [0, 0.1) is 6.92 Å². The Bertz CT molecular complexity index is 582. The van der Waals surface area contributed by atoms with Crippen LogP contribution in [-0.4, -0.2) is 11.1 Å². The monoisotopic (exact) mass is 260 g/mol. The summed E-state index contributed by atoms with van der Waals surface area (Å²) in [5.41, 5.74) is 3.96. The van der Waals surface area contributed by atoms with E-state index in [1.54, 1.807) is 11.4 Å². The number of aryl methyl sites for hydroxylation is 1. The molecule has 0 saturated carbocycles. The Balaban J connectivity index is 2.48. The van der Waals surface area contributed by atoms with Gasteiger partial charge in [-0.3, -0.25) is 0 Å². The number of carboxylic acid groups (broad SMARTS) is 1. The molecule has 2 nitrogen and oxygen atoms in total. The minimum absolute atomic E-state index is 0.365. The lowest BCUT2D eigenvalue weighted by molar-refractivity contribution is 0.0697. The van der Waals surface area contributed by atoms with Gasteiger partial charge >= 0.3 is 5.97 Å². The molecule has 1 heterocycles. The maximum atomic E-state index is 10.9. The summed E-state index contributed by atoms with van der Waals surface area (Å²) in [6.45, 7) is 6.37. The van der Waals surface area contributed by atoms with E-state index in [0.29, 0.717) is 11.5 Å². The molecule has 18 heavy (non-hydrogen) atoms. The lowest BCUT2D eigenvalue weighted by Crippen LogP contribution is -1.92. The number of aromatic carboxylic acids is 1. The van der Waals surface area contributed by atoms with Gasteiger partial charge in [-0.15, -0.1) is 11.3 Å². The van der Waals surface area contributed by atoms with E-state index in [9.17, 15) is 4.79 Å². The van der Waals surface area contributed by atoms with Crippen molar-refractivity contribution in [3.05, 3.63) is 46.3 Å². The van der Waals surface area contributed by atoms with Crippen molar-refractivity contribution in [2.45, 2.75) is 26.7 Å². The summed E-state index contributed by atoms with van der Waals surface area (Å²) in [4.78, 5) is 11.9. The summed E-state index contributed by atoms with van der Waals surface area (Å²) >= 11 is 1.48. The fourth-order valence-electron chi connectivity index (χ4n) is 1.85. The van der Waals surface area contributed by atoms with E-state index in [1.807, 2.05) is 0 Å². The van der Waals surface area contributed by atoms with Crippen molar-refractivity contribution in [1.29, 1.82) is 0 Å². The van der Waals surface area contributed by atoms with Crippen LogP contribution in [-0.2, 0) is 0 Å². The molecule has 94 valence electrons. The highest BCUT2D eigenvalue weighted by Crippen LogP contribution is 2.32. The Hall–Kier alpha value is -1.61. The summed E-state index contributed by atoms with van der Waals surface area (Å²) < 4.78 is 0. The second-order valence-corrected chi connectivity index (χ2v) is 5.65. The number of carbonyl (C=O) groups is 1. The van der Waals surface area contributed by atoms with Crippen LogP contribution in [0.4, 0.5) is 0 Å². The normalized spacial score (nSPS) is 10.9. The van der Waals surface area contributed by atoms with Gasteiger partial charge in [0.05, 0.1) is 5.56 Å². The maximum absolute atomic E-state index is 10.9. The lowest BCUT2D eigenvalue weighted by Gasteiger charge is -2.10. The van der Waals surface area contributed by atoms with E-state index >= 15 is 0 Å². The average Bonchev–Trinajstić information content (AvgIpc) is 2.78. The number of carboxylic acids is 1. The second kappa shape index (κ2) is 4.94. The molecule has 1 N–H and O–H groups in total. The predicted molar refractivity (Wildman–Crippen MR) is 75.5 cm³/mol. The van der Waals surface area contributed by atoms with Crippen LogP contribution in [0.25, 0.3) is 10.4 Å². The highest BCUT2D eigenvalue weighted by atomic mass is 32.1. The Morgan fingerprint density at radius 1 is 1.28 bits per heavy atom. The number of hydrogen-bond donors (Lipinski definition) is 1. The molecule has 0 aliphatic heterocycles. The van der Waals surface area contributed by atoms with Gasteiger partial charge in [0.15, 0.2) is 0 Å². The minimum Gasteiger partial charge on any atom is -0.478 e. The first-order valence-electron chi connectivity index (χ1n) is 5.91. The van der Waals surface area contributed by atoms with Gasteiger partial charge in [0.2, 0.25) is 0 Å². The summed E-state index contributed by atoms with van der Waals surface area (Å²) in [6, 6.07) is 8.15. The molecule has 0 unspecified atom stereocenters. The molecular formula is C15H16O2S. The molecule has 2 rings (SSSR count). The van der Waals surface area contributed by atoms with Gasteiger partial charge in [-0.05, 0) is 41.7 Å². The molecule has 0 bridgehead atoms. The minimum atomic E-state index is -0.866. The van der Waals surface area contributed by atoms with Crippen LogP contribution in [0.5, 0.6) is 0 Å². The first-order valence-corrected chi connectivity index (χ1v) is 6.79. The number of thiophene rings is 1. The molecule has 0 aliphatic rings. The zero-order valence-electron chi connectivity index (χ0n) is 10.7. The van der Waals surface area contributed by atoms with Gasteiger partial charge in [-0.25, -0.2) is 4.79 Å². The summed E-state index contributed by atoms with van der Waals surface area (Å²) in [7, 11) is 0. The predicted octanol–water partition coefficient (Wildman–Crippen LogP) is 4.55. The molecule has 1 aromatic heterocycles. The standard InChI is InChI=1S/C15H16O2S/c1-9(2)11-5-4-10(3)13(6-11)14-7-12(8-18-14)15(16)17/h4-9H,1-3H3,(H,16,17). The Morgan fingerprint density at radius 2 is 2.00 bits per heavy atom. The second-order valence-electron chi connectivity index (χ2n) is 4.73. The number of benzene rings is 1. The van der Waals surface area contributed by atoms with Gasteiger partial charge in [0, 0.05) is 10.3 Å². The van der Waals surface area contributed by atoms with Crippen LogP contribution >= 0.6 is 11.3 Å². The van der Waals surface area contributed by atoms with Gasteiger partial charge in [0.25, 0.3) is 0 Å². The number of rotatable bonds is 3. The largest absolute Gasteiger partial charge is 0.478 e. The average molecular weight is 260 g/mol. The smallest absolute Gasteiger partial charge is 0.336 e. The van der Waals surface area contributed by atoms with E-state index in [4.69, 9.17) is 5.11 Å². The van der Waals surface area contributed by atoms with Crippen molar-refractivity contribution in [2.24, 2.45) is 0 Å². The van der Waals surface area contributed by atoms with Crippen LogP contribution < -0.4 is 0 Å². The first kappa shape index (κ1) is 12.8. The molecule has 0 saturated heterocycles. The van der Waals surface area contributed by atoms with E-state index in [1.165, 1.54) is 22.5 Å². The van der Waals surface area contributed by atoms with Crippen LogP contribution in [0.3, 0.4) is 0 Å². The highest BCUT2D eigenvalue weighted by Gasteiger charge is 2.11. The van der Waals surface area contributed by atoms with Crippen molar-refractivity contribution < 1.29 is 9.90 Å². The first-order chi connectivity index (χ1) is 8.49. The SMILES string of the molecule is Cc1ccc(C(C)C)cc1-c1cc(C(=O)O)cs1. The van der Waals surface area contributed by atoms with Crippen molar-refractivity contribution in [3.8, 4) is 10.4 Å². The van der Waals surface area contributed by atoms with Gasteiger partial charge in [-0.2, -0.15) is 0 Å². The third kappa shape index (κ3) is 2.46. The summed E-state index contributed by atoms with van der Waals surface area (Å²) in [5, 5.41) is 10.7. The third-order valence-corrected chi connectivity index (χ3v) is 4.00. The molecule has 3 heteroatoms. The zero-order valence-corrected chi connectivity index (χ0v) is 11.5. The lowest BCUT2D eigenvalue weighted by atomic mass is 9.97. The molecule has 0 aliphatic carbocycles. The quantitative estimate of drug-likeness (QED) is 0.879. The van der Waals surface area contributed by atoms with E-state index in [-0.39, 0.29) is 0 Å². The highest BCUT2D eigenvalue weighted by molar-refractivity contribution is 7.13. The third-order valence-electron chi connectivity index (χ3n) is 3.04. The van der Waals surface area contributed by atoms with Crippen molar-refractivity contribution >= 4 is 17.3 Å². The topological polar surface area (TPSA) is 37.3 Å². The van der Waals surface area contributed by atoms with Gasteiger partial charge in [-0.1, -0.05) is 26.0 Å². The van der Waals surface area contributed by atoms with Crippen LogP contribution in [0.15, 0.2) is 29.6 Å². The Kier molecular flexibility index (Phi) is 3.53. The molecule has 1 aromatic carbocycles. The van der Waals surface area contributed by atoms with E-state index in [0.717, 1.165) is 10.4 Å². The number of hydrogen-bond acceptors (Lipinski definition) is 2. The molecule has 0 spiro atoms. The molecule has 0 fully saturated rings. The molecule has 0 amide bonds. The molecule has 2 aromatic rings. The van der Waals surface area contributed by atoms with Crippen molar-refractivity contribution in [2.75, 3.05) is 0 Å². The fraction of sp³-hybridized carbons (Fsp3) is 0.267. The molecule has 0 atom stereocenters. The van der Waals surface area contributed by atoms with Gasteiger partial charge < -0.3 is 5.11 Å². The van der Waals surface area contributed by atoms with Crippen molar-refractivity contribution in [1.82, 2.24) is 0 Å².